The van der Waals surface area contributed by atoms with Gasteiger partial charge in [-0.2, -0.15) is 0 Å². The highest BCUT2D eigenvalue weighted by atomic mass is 15.4. The van der Waals surface area contributed by atoms with Crippen LogP contribution in [0.15, 0.2) is 35.3 Å². The molecule has 27 heavy (non-hydrogen) atoms. The van der Waals surface area contributed by atoms with Crippen molar-refractivity contribution in [1.82, 2.24) is 14.1 Å². The summed E-state index contributed by atoms with van der Waals surface area (Å²) < 4.78 is 4.69. The van der Waals surface area contributed by atoms with Crippen molar-refractivity contribution in [2.24, 2.45) is 10.7 Å². The second-order valence-corrected chi connectivity index (χ2v) is 7.80. The van der Waals surface area contributed by atoms with E-state index in [1.54, 1.807) is 0 Å². The number of para-hydroxylation sites is 2. The fourth-order valence-corrected chi connectivity index (χ4v) is 4.89. The highest BCUT2D eigenvalue weighted by molar-refractivity contribution is 5.94. The number of rotatable bonds is 2. The van der Waals surface area contributed by atoms with Gasteiger partial charge in [-0.1, -0.05) is 31.4 Å². The van der Waals surface area contributed by atoms with E-state index in [1.165, 1.54) is 49.1 Å². The number of anilines is 1. The quantitative estimate of drug-likeness (QED) is 0.716. The van der Waals surface area contributed by atoms with Crippen molar-refractivity contribution in [2.75, 3.05) is 5.32 Å². The molecule has 0 bridgehead atoms. The Bertz CT molecular complexity index is 1030. The number of nitrogens with zero attached hydrogens (tertiary/aromatic N) is 4. The number of imidazole rings is 1. The van der Waals surface area contributed by atoms with E-state index in [0.29, 0.717) is 12.0 Å². The maximum absolute atomic E-state index is 6.12. The summed E-state index contributed by atoms with van der Waals surface area (Å²) >= 11 is 0. The fraction of sp³-hybridized carbons (Fsp3) is 0.429. The summed E-state index contributed by atoms with van der Waals surface area (Å²) in [6.07, 6.45) is 6.37. The number of aliphatic imine (C=N–C) groups is 1. The number of nitrogens with one attached hydrogen (secondary N) is 1. The monoisotopic (exact) mass is 362 g/mol. The molecule has 2 aromatic heterocycles. The van der Waals surface area contributed by atoms with Crippen LogP contribution >= 0.6 is 0 Å². The predicted octanol–water partition coefficient (Wildman–Crippen LogP) is 4.25. The van der Waals surface area contributed by atoms with Crippen molar-refractivity contribution in [3.05, 3.63) is 47.3 Å². The van der Waals surface area contributed by atoms with Gasteiger partial charge in [-0.25, -0.2) is 9.98 Å². The second-order valence-electron chi connectivity index (χ2n) is 7.80. The van der Waals surface area contributed by atoms with E-state index in [1.807, 2.05) is 18.2 Å². The first-order chi connectivity index (χ1) is 13.1. The third-order valence-corrected chi connectivity index (χ3v) is 6.08. The molecular weight excluding hydrogens is 336 g/mol. The predicted molar refractivity (Wildman–Crippen MR) is 109 cm³/mol. The Labute approximate surface area is 159 Å². The largest absolute Gasteiger partial charge is 0.370 e. The van der Waals surface area contributed by atoms with Gasteiger partial charge in [-0.15, -0.1) is 0 Å². The maximum atomic E-state index is 6.12. The molecule has 3 heterocycles. The summed E-state index contributed by atoms with van der Waals surface area (Å²) in [5.74, 6) is 1.18. The molecule has 1 saturated carbocycles. The average molecular weight is 362 g/mol. The molecule has 0 radical (unpaired) electrons. The Hall–Kier alpha value is -2.76. The Morgan fingerprint density at radius 2 is 1.85 bits per heavy atom. The number of guanidine groups is 1. The molecule has 1 unspecified atom stereocenters. The van der Waals surface area contributed by atoms with Gasteiger partial charge >= 0.3 is 0 Å². The summed E-state index contributed by atoms with van der Waals surface area (Å²) in [5.41, 5.74) is 12.0. The Morgan fingerprint density at radius 1 is 1.07 bits per heavy atom. The molecule has 0 saturated heterocycles. The lowest BCUT2D eigenvalue weighted by molar-refractivity contribution is 0.345. The molecule has 1 aromatic carbocycles. The van der Waals surface area contributed by atoms with Crippen LogP contribution < -0.4 is 11.1 Å². The zero-order valence-corrected chi connectivity index (χ0v) is 15.9. The van der Waals surface area contributed by atoms with Gasteiger partial charge in [0.25, 0.3) is 0 Å². The standard InChI is InChI=1S/C21H26N6/c1-13-12-16(14(2)26(13)15-8-4-3-5-9-15)19-24-20(22)25-21-23-17-10-6-7-11-18(17)27(19)21/h6-7,10-12,15,19H,3-5,8-9H2,1-2H3,(H3,22,23,24,25). The third kappa shape index (κ3) is 2.54. The van der Waals surface area contributed by atoms with Crippen molar-refractivity contribution in [2.45, 2.75) is 58.2 Å². The van der Waals surface area contributed by atoms with Gasteiger partial charge in [-0.3, -0.25) is 9.88 Å². The molecule has 1 aliphatic carbocycles. The summed E-state index contributed by atoms with van der Waals surface area (Å²) in [6, 6.07) is 11.1. The third-order valence-electron chi connectivity index (χ3n) is 6.08. The number of aryl methyl sites for hydroxylation is 1. The minimum Gasteiger partial charge on any atom is -0.370 e. The molecule has 6 heteroatoms. The van der Waals surface area contributed by atoms with Crippen LogP contribution in [0.2, 0.25) is 0 Å². The van der Waals surface area contributed by atoms with Gasteiger partial charge in [-0.05, 0) is 44.9 Å². The lowest BCUT2D eigenvalue weighted by atomic mass is 9.95. The van der Waals surface area contributed by atoms with Gasteiger partial charge < -0.3 is 10.3 Å². The fourth-order valence-electron chi connectivity index (χ4n) is 4.89. The molecule has 2 aliphatic rings. The number of aromatic nitrogens is 3. The van der Waals surface area contributed by atoms with Gasteiger partial charge in [0.05, 0.1) is 11.0 Å². The summed E-state index contributed by atoms with van der Waals surface area (Å²) in [5, 5.41) is 3.13. The van der Waals surface area contributed by atoms with Crippen LogP contribution in [0.25, 0.3) is 11.0 Å². The minimum atomic E-state index is -0.183. The summed E-state index contributed by atoms with van der Waals surface area (Å²) in [7, 11) is 0. The molecule has 3 aromatic rings. The molecule has 1 atom stereocenters. The van der Waals surface area contributed by atoms with Crippen LogP contribution in [-0.4, -0.2) is 20.1 Å². The summed E-state index contributed by atoms with van der Waals surface area (Å²) in [6.45, 7) is 4.44. The van der Waals surface area contributed by atoms with Crippen LogP contribution in [0, 0.1) is 13.8 Å². The molecule has 5 rings (SSSR count). The zero-order valence-electron chi connectivity index (χ0n) is 15.9. The Balaban J connectivity index is 1.66. The molecule has 140 valence electrons. The van der Waals surface area contributed by atoms with E-state index in [0.717, 1.165) is 17.0 Å². The highest BCUT2D eigenvalue weighted by Crippen LogP contribution is 2.38. The molecule has 6 nitrogen and oxygen atoms in total. The van der Waals surface area contributed by atoms with Crippen LogP contribution in [0.5, 0.6) is 0 Å². The summed E-state index contributed by atoms with van der Waals surface area (Å²) in [4.78, 5) is 9.48. The van der Waals surface area contributed by atoms with Gasteiger partial charge in [0.1, 0.15) is 0 Å². The molecule has 0 amide bonds. The van der Waals surface area contributed by atoms with E-state index >= 15 is 0 Å². The number of hydrogen-bond donors (Lipinski definition) is 2. The van der Waals surface area contributed by atoms with Crippen LogP contribution in [-0.2, 0) is 0 Å². The normalized spacial score (nSPS) is 20.4. The van der Waals surface area contributed by atoms with E-state index in [-0.39, 0.29) is 6.17 Å². The van der Waals surface area contributed by atoms with E-state index < -0.39 is 0 Å². The first kappa shape index (κ1) is 16.4. The van der Waals surface area contributed by atoms with Gasteiger partial charge in [0, 0.05) is 23.0 Å². The number of nitrogens with two attached hydrogens (primary N) is 1. The van der Waals surface area contributed by atoms with Crippen LogP contribution in [0.4, 0.5) is 5.95 Å². The minimum absolute atomic E-state index is 0.183. The maximum Gasteiger partial charge on any atom is 0.212 e. The van der Waals surface area contributed by atoms with Gasteiger partial charge in [0.2, 0.25) is 5.95 Å². The lowest BCUT2D eigenvalue weighted by Gasteiger charge is -2.27. The molecule has 1 aliphatic heterocycles. The average Bonchev–Trinajstić information content (AvgIpc) is 3.18. The lowest BCUT2D eigenvalue weighted by Crippen LogP contribution is -2.31. The molecular formula is C21H26N6. The van der Waals surface area contributed by atoms with Crippen LogP contribution in [0.1, 0.15) is 61.3 Å². The first-order valence-corrected chi connectivity index (χ1v) is 9.89. The zero-order chi connectivity index (χ0) is 18.5. The van der Waals surface area contributed by atoms with Crippen molar-refractivity contribution in [3.63, 3.8) is 0 Å². The molecule has 3 N–H and O–H groups in total. The number of hydrogen-bond acceptors (Lipinski definition) is 4. The van der Waals surface area contributed by atoms with Crippen molar-refractivity contribution in [1.29, 1.82) is 0 Å². The molecule has 1 fully saturated rings. The Morgan fingerprint density at radius 3 is 2.67 bits per heavy atom. The number of benzene rings is 1. The topological polar surface area (TPSA) is 73.2 Å². The number of fused-ring (bicyclic) bond motifs is 3. The van der Waals surface area contributed by atoms with E-state index in [4.69, 9.17) is 15.7 Å². The van der Waals surface area contributed by atoms with Crippen molar-refractivity contribution >= 4 is 22.9 Å². The second kappa shape index (κ2) is 6.15. The van der Waals surface area contributed by atoms with Crippen molar-refractivity contribution < 1.29 is 0 Å². The van der Waals surface area contributed by atoms with E-state index in [2.05, 4.69) is 40.4 Å². The SMILES string of the molecule is Cc1cc(C2N=C(N)Nc3nc4ccccc4n32)c(C)n1C1CCCCC1. The smallest absolute Gasteiger partial charge is 0.212 e. The van der Waals surface area contributed by atoms with Gasteiger partial charge in [0.15, 0.2) is 12.1 Å². The van der Waals surface area contributed by atoms with Crippen LogP contribution in [0.3, 0.4) is 0 Å². The van der Waals surface area contributed by atoms with E-state index in [9.17, 15) is 0 Å². The molecule has 0 spiro atoms. The highest BCUT2D eigenvalue weighted by Gasteiger charge is 2.29. The first-order valence-electron chi connectivity index (χ1n) is 9.89. The van der Waals surface area contributed by atoms with Crippen molar-refractivity contribution in [3.8, 4) is 0 Å². The Kier molecular flexibility index (Phi) is 3.74.